The fraction of sp³-hybridized carbons (Fsp3) is 0.543. The molecule has 3 aromatic rings. The van der Waals surface area contributed by atoms with Crippen LogP contribution in [0.4, 0.5) is 0 Å². The number of piperazine rings is 1. The van der Waals surface area contributed by atoms with E-state index in [9.17, 15) is 9.59 Å². The lowest BCUT2D eigenvalue weighted by atomic mass is 9.84. The number of nitrogens with zero attached hydrogens (tertiary/aromatic N) is 5. The number of aromatic nitrogens is 3. The van der Waals surface area contributed by atoms with Crippen molar-refractivity contribution in [3.63, 3.8) is 0 Å². The van der Waals surface area contributed by atoms with E-state index in [0.717, 1.165) is 41.7 Å². The molecule has 1 aliphatic heterocycles. The number of hydrogen-bond acceptors (Lipinski definition) is 5. The van der Waals surface area contributed by atoms with Crippen LogP contribution in [0.3, 0.4) is 0 Å². The minimum Gasteiger partial charge on any atom is -0.339 e. The van der Waals surface area contributed by atoms with Gasteiger partial charge in [-0.1, -0.05) is 87.5 Å². The van der Waals surface area contributed by atoms with Gasteiger partial charge < -0.3 is 9.80 Å². The molecule has 1 saturated heterocycles. The van der Waals surface area contributed by atoms with E-state index < -0.39 is 0 Å². The molecule has 232 valence electrons. The number of carbonyl (C=O) groups is 2. The zero-order valence-electron chi connectivity index (χ0n) is 26.9. The Labute approximate surface area is 262 Å². The minimum atomic E-state index is 0.0563. The van der Waals surface area contributed by atoms with Gasteiger partial charge in [0.2, 0.25) is 11.8 Å². The lowest BCUT2D eigenvalue weighted by Gasteiger charge is -2.40. The van der Waals surface area contributed by atoms with Crippen LogP contribution in [0, 0.1) is 18.3 Å². The molecule has 1 aromatic heterocycles. The van der Waals surface area contributed by atoms with Crippen molar-refractivity contribution in [2.24, 2.45) is 11.3 Å². The lowest BCUT2D eigenvalue weighted by Crippen LogP contribution is -2.55. The third-order valence-electron chi connectivity index (χ3n) is 8.00. The Morgan fingerprint density at radius 2 is 1.70 bits per heavy atom. The highest BCUT2D eigenvalue weighted by Crippen LogP contribution is 2.28. The molecule has 2 aromatic carbocycles. The van der Waals surface area contributed by atoms with Crippen LogP contribution in [-0.4, -0.2) is 67.8 Å². The summed E-state index contributed by atoms with van der Waals surface area (Å²) in [4.78, 5) is 29.9. The molecular weight excluding hydrogens is 554 g/mol. The second-order valence-electron chi connectivity index (χ2n) is 13.4. The number of benzene rings is 2. The SMILES string of the molecule is Cc1ccc(-n2c(Cc3ccccc3)nnc2SCCCCC(=O)N2CCN(C(=O)CC(C)CC(C)(C)C)C(C)C2)cc1. The van der Waals surface area contributed by atoms with Crippen LogP contribution in [0.5, 0.6) is 0 Å². The van der Waals surface area contributed by atoms with Gasteiger partial charge in [-0.15, -0.1) is 10.2 Å². The summed E-state index contributed by atoms with van der Waals surface area (Å²) >= 11 is 1.70. The Hall–Kier alpha value is -3.13. The number of unbranched alkanes of at least 4 members (excludes halogenated alkanes) is 1. The quantitative estimate of drug-likeness (QED) is 0.166. The third-order valence-corrected chi connectivity index (χ3v) is 9.01. The highest BCUT2D eigenvalue weighted by Gasteiger charge is 2.30. The van der Waals surface area contributed by atoms with Crippen molar-refractivity contribution in [2.75, 3.05) is 25.4 Å². The summed E-state index contributed by atoms with van der Waals surface area (Å²) in [6.45, 7) is 14.9. The van der Waals surface area contributed by atoms with E-state index in [-0.39, 0.29) is 23.3 Å². The van der Waals surface area contributed by atoms with Gasteiger partial charge in [0.15, 0.2) is 5.16 Å². The number of thioether (sulfide) groups is 1. The fourth-order valence-electron chi connectivity index (χ4n) is 6.03. The van der Waals surface area contributed by atoms with E-state index in [4.69, 9.17) is 0 Å². The van der Waals surface area contributed by atoms with Crippen LogP contribution < -0.4 is 0 Å². The second kappa shape index (κ2) is 15.0. The average molecular weight is 604 g/mol. The third kappa shape index (κ3) is 9.68. The summed E-state index contributed by atoms with van der Waals surface area (Å²) in [6, 6.07) is 18.9. The molecule has 1 fully saturated rings. The molecule has 4 rings (SSSR count). The normalized spacial score (nSPS) is 16.4. The molecule has 7 nitrogen and oxygen atoms in total. The van der Waals surface area contributed by atoms with E-state index in [0.29, 0.717) is 44.8 Å². The molecule has 0 bridgehead atoms. The van der Waals surface area contributed by atoms with Gasteiger partial charge in [-0.25, -0.2) is 0 Å². The van der Waals surface area contributed by atoms with Crippen molar-refractivity contribution in [3.05, 3.63) is 71.5 Å². The van der Waals surface area contributed by atoms with Crippen molar-refractivity contribution >= 4 is 23.6 Å². The van der Waals surface area contributed by atoms with Crippen LogP contribution in [-0.2, 0) is 16.0 Å². The second-order valence-corrected chi connectivity index (χ2v) is 14.4. The molecular formula is C35H49N5O2S. The molecule has 2 atom stereocenters. The minimum absolute atomic E-state index is 0.0563. The molecule has 43 heavy (non-hydrogen) atoms. The molecule has 0 aliphatic carbocycles. The summed E-state index contributed by atoms with van der Waals surface area (Å²) in [5.74, 6) is 2.56. The average Bonchev–Trinajstić information content (AvgIpc) is 3.34. The van der Waals surface area contributed by atoms with E-state index in [1.807, 2.05) is 15.9 Å². The van der Waals surface area contributed by atoms with Gasteiger partial charge in [-0.05, 0) is 62.1 Å². The smallest absolute Gasteiger partial charge is 0.223 e. The fourth-order valence-corrected chi connectivity index (χ4v) is 7.00. The van der Waals surface area contributed by atoms with Gasteiger partial charge >= 0.3 is 0 Å². The Morgan fingerprint density at radius 3 is 2.37 bits per heavy atom. The van der Waals surface area contributed by atoms with Crippen molar-refractivity contribution in [1.82, 2.24) is 24.6 Å². The summed E-state index contributed by atoms with van der Waals surface area (Å²) in [6.07, 6.45) is 4.61. The van der Waals surface area contributed by atoms with E-state index in [1.54, 1.807) is 11.8 Å². The first kappa shape index (κ1) is 32.8. The van der Waals surface area contributed by atoms with Crippen LogP contribution in [0.25, 0.3) is 5.69 Å². The number of aryl methyl sites for hydroxylation is 1. The topological polar surface area (TPSA) is 71.3 Å². The van der Waals surface area contributed by atoms with E-state index in [1.165, 1.54) is 11.1 Å². The number of amides is 2. The van der Waals surface area contributed by atoms with Crippen molar-refractivity contribution < 1.29 is 9.59 Å². The number of carbonyl (C=O) groups excluding carboxylic acids is 2. The van der Waals surface area contributed by atoms with Gasteiger partial charge in [0.1, 0.15) is 5.82 Å². The Balaban J connectivity index is 1.25. The van der Waals surface area contributed by atoms with Gasteiger partial charge in [0.25, 0.3) is 0 Å². The van der Waals surface area contributed by atoms with E-state index >= 15 is 0 Å². The highest BCUT2D eigenvalue weighted by molar-refractivity contribution is 7.99. The predicted molar refractivity (Wildman–Crippen MR) is 176 cm³/mol. The largest absolute Gasteiger partial charge is 0.339 e. The molecule has 0 spiro atoms. The monoisotopic (exact) mass is 603 g/mol. The van der Waals surface area contributed by atoms with Gasteiger partial charge in [0.05, 0.1) is 0 Å². The van der Waals surface area contributed by atoms with Gasteiger partial charge in [0, 0.05) is 56.4 Å². The molecule has 2 heterocycles. The van der Waals surface area contributed by atoms with Crippen LogP contribution in [0.1, 0.15) is 83.7 Å². The zero-order valence-corrected chi connectivity index (χ0v) is 27.7. The zero-order chi connectivity index (χ0) is 31.0. The maximum atomic E-state index is 13.0. The molecule has 0 saturated carbocycles. The number of rotatable bonds is 12. The van der Waals surface area contributed by atoms with Gasteiger partial charge in [-0.3, -0.25) is 14.2 Å². The Kier molecular flexibility index (Phi) is 11.5. The molecule has 0 N–H and O–H groups in total. The van der Waals surface area contributed by atoms with Crippen molar-refractivity contribution in [3.8, 4) is 5.69 Å². The van der Waals surface area contributed by atoms with Crippen molar-refractivity contribution in [2.45, 2.75) is 91.3 Å². The maximum absolute atomic E-state index is 13.0. The van der Waals surface area contributed by atoms with Crippen LogP contribution in [0.2, 0.25) is 0 Å². The van der Waals surface area contributed by atoms with Crippen molar-refractivity contribution in [1.29, 1.82) is 0 Å². The Morgan fingerprint density at radius 1 is 0.977 bits per heavy atom. The lowest BCUT2D eigenvalue weighted by molar-refractivity contribution is -0.143. The van der Waals surface area contributed by atoms with Gasteiger partial charge in [-0.2, -0.15) is 0 Å². The first-order chi connectivity index (χ1) is 20.5. The number of hydrogen-bond donors (Lipinski definition) is 0. The standard InChI is InChI=1S/C35H49N5O2S/c1-26-15-17-30(18-16-26)40-31(23-29-12-8-7-9-13-29)36-37-34(40)43-21-11-10-14-32(41)38-19-20-39(28(3)25-38)33(42)22-27(2)24-35(4,5)6/h7-9,12-13,15-18,27-28H,10-11,14,19-25H2,1-6H3. The first-order valence-corrected chi connectivity index (χ1v) is 16.7. The summed E-state index contributed by atoms with van der Waals surface area (Å²) < 4.78 is 2.16. The van der Waals surface area contributed by atoms with E-state index in [2.05, 4.69) is 105 Å². The van der Waals surface area contributed by atoms with Crippen LogP contribution in [0.15, 0.2) is 59.8 Å². The summed E-state index contributed by atoms with van der Waals surface area (Å²) in [5, 5.41) is 9.99. The summed E-state index contributed by atoms with van der Waals surface area (Å²) in [7, 11) is 0. The highest BCUT2D eigenvalue weighted by atomic mass is 32.2. The first-order valence-electron chi connectivity index (χ1n) is 15.8. The molecule has 2 amide bonds. The Bertz CT molecular complexity index is 1330. The molecule has 1 aliphatic rings. The van der Waals surface area contributed by atoms with Crippen LogP contribution >= 0.6 is 11.8 Å². The molecule has 8 heteroatoms. The molecule has 2 unspecified atom stereocenters. The maximum Gasteiger partial charge on any atom is 0.223 e. The summed E-state index contributed by atoms with van der Waals surface area (Å²) in [5.41, 5.74) is 3.70. The molecule has 0 radical (unpaired) electrons. The predicted octanol–water partition coefficient (Wildman–Crippen LogP) is 6.95.